The predicted molar refractivity (Wildman–Crippen MR) is 124 cm³/mol. The first-order valence-corrected chi connectivity index (χ1v) is 10.2. The molecule has 0 saturated carbocycles. The van der Waals surface area contributed by atoms with E-state index in [-0.39, 0.29) is 5.57 Å². The van der Waals surface area contributed by atoms with E-state index < -0.39 is 5.91 Å². The zero-order valence-electron chi connectivity index (χ0n) is 15.2. The number of anilines is 1. The first-order chi connectivity index (χ1) is 14.0. The Morgan fingerprint density at radius 3 is 2.41 bits per heavy atom. The number of nitrogens with one attached hydrogen (secondary N) is 1. The van der Waals surface area contributed by atoms with E-state index in [1.165, 1.54) is 0 Å². The molecule has 0 aromatic heterocycles. The van der Waals surface area contributed by atoms with Gasteiger partial charge in [0.25, 0.3) is 5.91 Å². The second-order valence-electron chi connectivity index (χ2n) is 6.09. The molecule has 29 heavy (non-hydrogen) atoms. The zero-order chi connectivity index (χ0) is 20.6. The summed E-state index contributed by atoms with van der Waals surface area (Å²) in [6.45, 7) is 0.425. The standard InChI is InChI=1S/C23H16ClIN2O2/c24-19-9-5-17(6-10-19)15-29-20-11-7-16(8-12-20)13-18(14-26)23(28)27-22-4-2-1-3-21(22)25/h1-13H,15H2,(H,27,28)/b18-13-. The van der Waals surface area contributed by atoms with Crippen LogP contribution in [0.2, 0.25) is 5.02 Å². The van der Waals surface area contributed by atoms with Gasteiger partial charge in [0.15, 0.2) is 0 Å². The highest BCUT2D eigenvalue weighted by molar-refractivity contribution is 14.1. The molecule has 0 radical (unpaired) electrons. The van der Waals surface area contributed by atoms with Crippen LogP contribution in [0.15, 0.2) is 78.4 Å². The molecule has 6 heteroatoms. The lowest BCUT2D eigenvalue weighted by molar-refractivity contribution is -0.112. The Balaban J connectivity index is 1.65. The summed E-state index contributed by atoms with van der Waals surface area (Å²) in [6.07, 6.45) is 1.55. The van der Waals surface area contributed by atoms with Crippen LogP contribution in [-0.4, -0.2) is 5.91 Å². The molecule has 3 rings (SSSR count). The van der Waals surface area contributed by atoms with Gasteiger partial charge in [0, 0.05) is 8.59 Å². The van der Waals surface area contributed by atoms with E-state index in [1.807, 2.05) is 48.5 Å². The van der Waals surface area contributed by atoms with Crippen molar-refractivity contribution in [2.45, 2.75) is 6.61 Å². The number of ether oxygens (including phenoxy) is 1. The molecule has 0 aliphatic heterocycles. The van der Waals surface area contributed by atoms with Crippen molar-refractivity contribution in [3.63, 3.8) is 0 Å². The van der Waals surface area contributed by atoms with Crippen LogP contribution in [0.3, 0.4) is 0 Å². The highest BCUT2D eigenvalue weighted by Crippen LogP contribution is 2.20. The molecule has 1 amide bonds. The summed E-state index contributed by atoms with van der Waals surface area (Å²) >= 11 is 8.01. The summed E-state index contributed by atoms with van der Waals surface area (Å²) < 4.78 is 6.65. The third-order valence-electron chi connectivity index (χ3n) is 4.00. The number of amides is 1. The van der Waals surface area contributed by atoms with Crippen LogP contribution in [0.25, 0.3) is 6.08 Å². The van der Waals surface area contributed by atoms with Gasteiger partial charge in [-0.2, -0.15) is 5.26 Å². The molecule has 0 unspecified atom stereocenters. The molecule has 1 N–H and O–H groups in total. The molecule has 0 saturated heterocycles. The van der Waals surface area contributed by atoms with Crippen LogP contribution in [0.1, 0.15) is 11.1 Å². The lowest BCUT2D eigenvalue weighted by Gasteiger charge is -2.08. The second-order valence-corrected chi connectivity index (χ2v) is 7.69. The average molecular weight is 515 g/mol. The summed E-state index contributed by atoms with van der Waals surface area (Å²) in [4.78, 5) is 12.4. The summed E-state index contributed by atoms with van der Waals surface area (Å²) in [6, 6.07) is 24.0. The summed E-state index contributed by atoms with van der Waals surface area (Å²) in [5, 5.41) is 12.8. The van der Waals surface area contributed by atoms with Crippen molar-refractivity contribution in [2.75, 3.05) is 5.32 Å². The third kappa shape index (κ3) is 6.08. The highest BCUT2D eigenvalue weighted by atomic mass is 127. The summed E-state index contributed by atoms with van der Waals surface area (Å²) in [5.74, 6) is 0.249. The Labute approximate surface area is 187 Å². The molecule has 0 aliphatic carbocycles. The number of nitriles is 1. The molecule has 0 fully saturated rings. The Morgan fingerprint density at radius 2 is 1.76 bits per heavy atom. The van der Waals surface area contributed by atoms with Gasteiger partial charge in [-0.05, 0) is 76.2 Å². The fourth-order valence-electron chi connectivity index (χ4n) is 2.48. The Kier molecular flexibility index (Phi) is 7.28. The van der Waals surface area contributed by atoms with Gasteiger partial charge in [-0.3, -0.25) is 4.79 Å². The van der Waals surface area contributed by atoms with Gasteiger partial charge in [0.05, 0.1) is 5.69 Å². The minimum Gasteiger partial charge on any atom is -0.489 e. The molecular formula is C23H16ClIN2O2. The van der Waals surface area contributed by atoms with E-state index >= 15 is 0 Å². The maximum absolute atomic E-state index is 12.4. The Morgan fingerprint density at radius 1 is 1.07 bits per heavy atom. The average Bonchev–Trinajstić information content (AvgIpc) is 2.74. The first kappa shape index (κ1) is 20.9. The molecule has 0 spiro atoms. The van der Waals surface area contributed by atoms with E-state index in [0.29, 0.717) is 23.1 Å². The van der Waals surface area contributed by atoms with Gasteiger partial charge in [0.1, 0.15) is 24.0 Å². The van der Waals surface area contributed by atoms with E-state index in [0.717, 1.165) is 14.7 Å². The molecule has 0 atom stereocenters. The van der Waals surface area contributed by atoms with E-state index in [1.54, 1.807) is 36.4 Å². The normalized spacial score (nSPS) is 10.9. The largest absolute Gasteiger partial charge is 0.489 e. The van der Waals surface area contributed by atoms with E-state index in [9.17, 15) is 10.1 Å². The molecule has 144 valence electrons. The van der Waals surface area contributed by atoms with Gasteiger partial charge >= 0.3 is 0 Å². The quantitative estimate of drug-likeness (QED) is 0.247. The predicted octanol–water partition coefficient (Wildman–Crippen LogP) is 6.07. The van der Waals surface area contributed by atoms with Crippen LogP contribution in [0.5, 0.6) is 5.75 Å². The highest BCUT2D eigenvalue weighted by Gasteiger charge is 2.11. The molecule has 3 aromatic rings. The van der Waals surface area contributed by atoms with Crippen molar-refractivity contribution in [1.29, 1.82) is 5.26 Å². The minimum absolute atomic E-state index is 0.0273. The van der Waals surface area contributed by atoms with Crippen LogP contribution in [0.4, 0.5) is 5.69 Å². The zero-order valence-corrected chi connectivity index (χ0v) is 18.1. The van der Waals surface area contributed by atoms with E-state index in [2.05, 4.69) is 27.9 Å². The number of halogens is 2. The summed E-state index contributed by atoms with van der Waals surface area (Å²) in [5.41, 5.74) is 2.44. The fourth-order valence-corrected chi connectivity index (χ4v) is 3.12. The molecule has 0 bridgehead atoms. The number of nitrogens with zero attached hydrogens (tertiary/aromatic N) is 1. The third-order valence-corrected chi connectivity index (χ3v) is 5.19. The van der Waals surface area contributed by atoms with Crippen molar-refractivity contribution in [3.8, 4) is 11.8 Å². The number of hydrogen-bond acceptors (Lipinski definition) is 3. The lowest BCUT2D eigenvalue weighted by atomic mass is 10.1. The Hall–Kier alpha value is -2.82. The molecular weight excluding hydrogens is 499 g/mol. The molecule has 3 aromatic carbocycles. The van der Waals surface area contributed by atoms with E-state index in [4.69, 9.17) is 16.3 Å². The SMILES string of the molecule is N#C/C(=C/c1ccc(OCc2ccc(Cl)cc2)cc1)C(=O)Nc1ccccc1I. The smallest absolute Gasteiger partial charge is 0.266 e. The van der Waals surface area contributed by atoms with Crippen molar-refractivity contribution in [3.05, 3.63) is 98.1 Å². The second kappa shape index (κ2) is 10.1. The maximum atomic E-state index is 12.4. The minimum atomic E-state index is -0.445. The number of benzene rings is 3. The lowest BCUT2D eigenvalue weighted by Crippen LogP contribution is -2.14. The van der Waals surface area contributed by atoms with Crippen LogP contribution in [-0.2, 0) is 11.4 Å². The molecule has 4 nitrogen and oxygen atoms in total. The number of hydrogen-bond donors (Lipinski definition) is 1. The number of para-hydroxylation sites is 1. The fraction of sp³-hybridized carbons (Fsp3) is 0.0435. The van der Waals surface area contributed by atoms with Gasteiger partial charge in [0.2, 0.25) is 0 Å². The number of carbonyl (C=O) groups excluding carboxylic acids is 1. The van der Waals surface area contributed by atoms with Crippen molar-refractivity contribution >= 4 is 51.9 Å². The van der Waals surface area contributed by atoms with Crippen LogP contribution < -0.4 is 10.1 Å². The van der Waals surface area contributed by atoms with Crippen molar-refractivity contribution in [1.82, 2.24) is 0 Å². The van der Waals surface area contributed by atoms with Crippen molar-refractivity contribution < 1.29 is 9.53 Å². The van der Waals surface area contributed by atoms with Crippen LogP contribution >= 0.6 is 34.2 Å². The number of rotatable bonds is 6. The maximum Gasteiger partial charge on any atom is 0.266 e. The number of carbonyl (C=O) groups is 1. The molecule has 0 aliphatic rings. The van der Waals surface area contributed by atoms with Gasteiger partial charge in [-0.15, -0.1) is 0 Å². The van der Waals surface area contributed by atoms with Gasteiger partial charge in [-0.1, -0.05) is 48.0 Å². The van der Waals surface area contributed by atoms with Gasteiger partial charge < -0.3 is 10.1 Å². The molecule has 0 heterocycles. The summed E-state index contributed by atoms with van der Waals surface area (Å²) in [7, 11) is 0. The first-order valence-electron chi connectivity index (χ1n) is 8.70. The Bertz CT molecular complexity index is 1070. The monoisotopic (exact) mass is 514 g/mol. The van der Waals surface area contributed by atoms with Gasteiger partial charge in [-0.25, -0.2) is 0 Å². The van der Waals surface area contributed by atoms with Crippen molar-refractivity contribution in [2.24, 2.45) is 0 Å². The van der Waals surface area contributed by atoms with Crippen LogP contribution in [0, 0.1) is 14.9 Å². The topological polar surface area (TPSA) is 62.1 Å².